The van der Waals surface area contributed by atoms with E-state index >= 15 is 0 Å². The van der Waals surface area contributed by atoms with E-state index in [9.17, 15) is 0 Å². The summed E-state index contributed by atoms with van der Waals surface area (Å²) in [5, 5.41) is -0.399. The molecule has 0 saturated heterocycles. The molecule has 13 heavy (non-hydrogen) atoms. The van der Waals surface area contributed by atoms with E-state index in [0.717, 1.165) is 0 Å². The largest absolute Gasteiger partial charge is 0.488 e. The predicted octanol–water partition coefficient (Wildman–Crippen LogP) is 2.11. The smallest absolute Gasteiger partial charge is 0.411 e. The van der Waals surface area contributed by atoms with Crippen molar-refractivity contribution in [2.24, 2.45) is 0 Å². The van der Waals surface area contributed by atoms with Crippen LogP contribution in [0.4, 0.5) is 0 Å². The van der Waals surface area contributed by atoms with Gasteiger partial charge in [0.25, 0.3) is 0 Å². The van der Waals surface area contributed by atoms with Crippen LogP contribution in [-0.4, -0.2) is 27.2 Å². The zero-order chi connectivity index (χ0) is 10.7. The first kappa shape index (κ1) is 13.0. The number of hydrogen-bond acceptors (Lipinski definition) is 2. The molecule has 0 heterocycles. The average molecular weight is 181 g/mol. The molecule has 0 aliphatic rings. The van der Waals surface area contributed by atoms with E-state index in [2.05, 4.69) is 0 Å². The van der Waals surface area contributed by atoms with Crippen LogP contribution in [0.1, 0.15) is 41.5 Å². The maximum atomic E-state index is 5.93. The van der Waals surface area contributed by atoms with Gasteiger partial charge in [-0.25, -0.2) is 0 Å². The minimum Gasteiger partial charge on any atom is -0.411 e. The molecule has 0 N–H and O–H groups in total. The normalized spacial score (nSPS) is 13.5. The van der Waals surface area contributed by atoms with Crippen LogP contribution in [0.25, 0.3) is 0 Å². The van der Waals surface area contributed by atoms with E-state index in [1.165, 1.54) is 7.69 Å². The van der Waals surface area contributed by atoms with Gasteiger partial charge in [-0.1, -0.05) is 13.8 Å². The molecule has 73 valence electrons. The Labute approximate surface area is 84.1 Å². The van der Waals surface area contributed by atoms with E-state index < -0.39 is 10.9 Å². The van der Waals surface area contributed by atoms with Gasteiger partial charge in [0.2, 0.25) is 0 Å². The second-order valence-corrected chi connectivity index (χ2v) is 4.63. The summed E-state index contributed by atoms with van der Waals surface area (Å²) < 4.78 is 10.6. The van der Waals surface area contributed by atoms with E-state index in [1.54, 1.807) is 0 Å². The maximum absolute atomic E-state index is 5.93. The highest BCUT2D eigenvalue weighted by Crippen LogP contribution is 2.36. The van der Waals surface area contributed by atoms with Gasteiger partial charge in [-0.15, -0.1) is 0 Å². The topological polar surface area (TPSA) is 18.5 Å². The summed E-state index contributed by atoms with van der Waals surface area (Å²) in [5.41, 5.74) is -0.429. The summed E-state index contributed by atoms with van der Waals surface area (Å²) >= 11 is 0. The summed E-state index contributed by atoms with van der Waals surface area (Å²) in [7, 11) is 7.30. The highest BCUT2D eigenvalue weighted by atomic mass is 16.6. The second-order valence-electron chi connectivity index (χ2n) is 4.63. The van der Waals surface area contributed by atoms with E-state index in [1.807, 2.05) is 41.5 Å². The van der Waals surface area contributed by atoms with Gasteiger partial charge in [0.05, 0.1) is 7.85 Å². The predicted molar refractivity (Wildman–Crippen MR) is 56.9 cm³/mol. The van der Waals surface area contributed by atoms with Crippen molar-refractivity contribution in [1.82, 2.24) is 0 Å². The third-order valence-electron chi connectivity index (χ3n) is 2.22. The molecular weight excluding hydrogens is 162 g/mol. The van der Waals surface area contributed by atoms with Crippen LogP contribution >= 0.6 is 0 Å². The van der Waals surface area contributed by atoms with Gasteiger partial charge in [0.15, 0.2) is 0 Å². The first-order chi connectivity index (χ1) is 5.67. The molecule has 3 radical (unpaired) electrons. The monoisotopic (exact) mass is 181 g/mol. The molecule has 2 nitrogen and oxygen atoms in total. The summed E-state index contributed by atoms with van der Waals surface area (Å²) in [6.45, 7) is 11.6. The summed E-state index contributed by atoms with van der Waals surface area (Å²) in [4.78, 5) is 0. The number of rotatable bonds is 5. The fourth-order valence-electron chi connectivity index (χ4n) is 0.411. The zero-order valence-corrected chi connectivity index (χ0v) is 9.55. The molecule has 0 spiro atoms. The molecule has 0 rings (SSSR count). The fourth-order valence-corrected chi connectivity index (χ4v) is 0.411. The minimum absolute atomic E-state index is 0.136. The lowest BCUT2D eigenvalue weighted by atomic mass is 9.62. The Balaban J connectivity index is 3.90. The molecule has 0 fully saturated rings. The molecule has 0 unspecified atom stereocenters. The van der Waals surface area contributed by atoms with Crippen LogP contribution in [-0.2, 0) is 9.31 Å². The van der Waals surface area contributed by atoms with Crippen LogP contribution in [0, 0.1) is 0 Å². The Morgan fingerprint density at radius 2 is 1.62 bits per heavy atom. The van der Waals surface area contributed by atoms with Crippen molar-refractivity contribution in [3.8, 4) is 0 Å². The van der Waals surface area contributed by atoms with Gasteiger partial charge >= 0.3 is 7.69 Å². The molecule has 0 aromatic carbocycles. The maximum Gasteiger partial charge on any atom is 0.488 e. The SMILES string of the molecule is [B]C(C)(C)C(C)(C)O[B]OC(C)C. The lowest BCUT2D eigenvalue weighted by Crippen LogP contribution is -2.38. The molecule has 0 aromatic rings. The number of hydrogen-bond donors (Lipinski definition) is 0. The van der Waals surface area contributed by atoms with Gasteiger partial charge in [-0.05, 0) is 33.0 Å². The summed E-state index contributed by atoms with van der Waals surface area (Å²) in [6.07, 6.45) is 0.136. The Kier molecular flexibility index (Phi) is 4.53. The van der Waals surface area contributed by atoms with Gasteiger partial charge < -0.3 is 9.31 Å². The first-order valence-electron chi connectivity index (χ1n) is 4.60. The Morgan fingerprint density at radius 1 is 1.15 bits per heavy atom. The van der Waals surface area contributed by atoms with Crippen molar-refractivity contribution >= 4 is 15.5 Å². The van der Waals surface area contributed by atoms with Crippen LogP contribution in [0.5, 0.6) is 0 Å². The first-order valence-corrected chi connectivity index (χ1v) is 4.60. The van der Waals surface area contributed by atoms with Crippen LogP contribution in [0.2, 0.25) is 5.31 Å². The van der Waals surface area contributed by atoms with Crippen molar-refractivity contribution < 1.29 is 9.31 Å². The molecule has 0 saturated carbocycles. The fraction of sp³-hybridized carbons (Fsp3) is 1.00. The van der Waals surface area contributed by atoms with E-state index in [4.69, 9.17) is 17.2 Å². The van der Waals surface area contributed by atoms with Gasteiger partial charge in [-0.2, -0.15) is 0 Å². The van der Waals surface area contributed by atoms with Gasteiger partial charge in [0.1, 0.15) is 0 Å². The lowest BCUT2D eigenvalue weighted by molar-refractivity contribution is 0.0403. The highest BCUT2D eigenvalue weighted by Gasteiger charge is 2.33. The Bertz CT molecular complexity index is 150. The molecular formula is C9H19B2O2. The van der Waals surface area contributed by atoms with Crippen LogP contribution in [0.15, 0.2) is 0 Å². The van der Waals surface area contributed by atoms with Crippen LogP contribution < -0.4 is 0 Å². The van der Waals surface area contributed by atoms with E-state index in [0.29, 0.717) is 0 Å². The summed E-state index contributed by atoms with van der Waals surface area (Å²) in [6, 6.07) is 0. The minimum atomic E-state index is -0.429. The molecule has 0 aromatic heterocycles. The lowest BCUT2D eigenvalue weighted by Gasteiger charge is -2.39. The van der Waals surface area contributed by atoms with E-state index in [-0.39, 0.29) is 6.10 Å². The third kappa shape index (κ3) is 4.72. The highest BCUT2D eigenvalue weighted by molar-refractivity contribution is 6.19. The summed E-state index contributed by atoms with van der Waals surface area (Å²) in [5.74, 6) is 0. The van der Waals surface area contributed by atoms with Crippen molar-refractivity contribution in [1.29, 1.82) is 0 Å². The van der Waals surface area contributed by atoms with Gasteiger partial charge in [-0.3, -0.25) is 0 Å². The third-order valence-corrected chi connectivity index (χ3v) is 2.22. The van der Waals surface area contributed by atoms with Crippen molar-refractivity contribution in [2.75, 3.05) is 0 Å². The van der Waals surface area contributed by atoms with Crippen LogP contribution in [0.3, 0.4) is 0 Å². The molecule has 0 aliphatic heterocycles. The van der Waals surface area contributed by atoms with Gasteiger partial charge in [0, 0.05) is 11.7 Å². The molecule has 0 bridgehead atoms. The molecule has 0 aliphatic carbocycles. The average Bonchev–Trinajstić information content (AvgIpc) is 1.82. The Hall–Kier alpha value is 0.0499. The second kappa shape index (κ2) is 4.52. The van der Waals surface area contributed by atoms with Crippen molar-refractivity contribution in [3.63, 3.8) is 0 Å². The Morgan fingerprint density at radius 3 is 1.92 bits per heavy atom. The molecule has 4 heteroatoms. The standard InChI is InChI=1S/C9H19B2O2/c1-7(2)12-11-13-9(5,6)8(3,4)10/h7H,1-6H3. The zero-order valence-electron chi connectivity index (χ0n) is 9.55. The quantitative estimate of drug-likeness (QED) is 0.604. The van der Waals surface area contributed by atoms with Crippen molar-refractivity contribution in [2.45, 2.75) is 58.6 Å². The van der Waals surface area contributed by atoms with Crippen molar-refractivity contribution in [3.05, 3.63) is 0 Å². The molecule has 0 amide bonds. The molecule has 0 atom stereocenters.